The Kier molecular flexibility index (Phi) is 10.6. The summed E-state index contributed by atoms with van der Waals surface area (Å²) in [5.41, 5.74) is 0.184. The molecule has 0 N–H and O–H groups in total. The largest absolute Gasteiger partial charge is 0.513 e. The Hall–Kier alpha value is -3.68. The number of hydrogen-bond acceptors (Lipinski definition) is 8. The summed E-state index contributed by atoms with van der Waals surface area (Å²) in [5.74, 6) is -2.33. The maximum Gasteiger partial charge on any atom is 0.513 e. The average molecular weight is 456 g/mol. The first kappa shape index (κ1) is 25.6. The first-order valence-electron chi connectivity index (χ1n) is 11.0. The summed E-state index contributed by atoms with van der Waals surface area (Å²) in [6, 6.07) is 12.0. The monoisotopic (exact) mass is 456 g/mol. The molecule has 2 aromatic rings. The highest BCUT2D eigenvalue weighted by molar-refractivity contribution is 6.01. The molecule has 0 aliphatic carbocycles. The lowest BCUT2D eigenvalue weighted by atomic mass is 10.0. The van der Waals surface area contributed by atoms with Crippen molar-refractivity contribution in [2.24, 2.45) is 0 Å². The maximum absolute atomic E-state index is 12.6. The zero-order valence-corrected chi connectivity index (χ0v) is 18.8. The predicted octanol–water partition coefficient (Wildman–Crippen LogP) is 5.69. The molecule has 176 valence electrons. The van der Waals surface area contributed by atoms with Crippen LogP contribution in [0.4, 0.5) is 4.79 Å². The van der Waals surface area contributed by atoms with Crippen LogP contribution in [0.25, 0.3) is 0 Å². The van der Waals surface area contributed by atoms with E-state index in [9.17, 15) is 19.2 Å². The van der Waals surface area contributed by atoms with Crippen molar-refractivity contribution < 1.29 is 38.4 Å². The van der Waals surface area contributed by atoms with Crippen LogP contribution >= 0.6 is 0 Å². The second-order valence-corrected chi connectivity index (χ2v) is 7.19. The quantitative estimate of drug-likeness (QED) is 0.106. The standard InChI is InChI=1S/C25H28O8/c1-3-5-6-7-11-14-21(26)19-15-16-22(31-25(29)30-4-2)20(17-19)24(28)33-32-23(27)18-12-9-8-10-13-18/h8-10,12-13,15-17H,3-7,11,14H2,1-2H3. The Morgan fingerprint density at radius 3 is 2.15 bits per heavy atom. The lowest BCUT2D eigenvalue weighted by Gasteiger charge is -2.11. The van der Waals surface area contributed by atoms with Gasteiger partial charge in [-0.25, -0.2) is 24.2 Å². The molecule has 0 heterocycles. The van der Waals surface area contributed by atoms with Gasteiger partial charge in [-0.1, -0.05) is 50.8 Å². The fourth-order valence-corrected chi connectivity index (χ4v) is 2.97. The summed E-state index contributed by atoms with van der Waals surface area (Å²) in [4.78, 5) is 58.2. The molecule has 0 atom stereocenters. The minimum absolute atomic E-state index is 0.0713. The average Bonchev–Trinajstić information content (AvgIpc) is 2.83. The molecule has 0 bridgehead atoms. The fourth-order valence-electron chi connectivity index (χ4n) is 2.97. The molecule has 0 aliphatic heterocycles. The van der Waals surface area contributed by atoms with Gasteiger partial charge < -0.3 is 9.47 Å². The van der Waals surface area contributed by atoms with Gasteiger partial charge in [0.15, 0.2) is 5.78 Å². The Morgan fingerprint density at radius 2 is 1.45 bits per heavy atom. The van der Waals surface area contributed by atoms with E-state index in [1.54, 1.807) is 25.1 Å². The third kappa shape index (κ3) is 8.40. The van der Waals surface area contributed by atoms with E-state index in [1.807, 2.05) is 0 Å². The van der Waals surface area contributed by atoms with Crippen molar-refractivity contribution in [2.75, 3.05) is 6.61 Å². The lowest BCUT2D eigenvalue weighted by Crippen LogP contribution is -2.16. The SMILES string of the molecule is CCCCCCCC(=O)c1ccc(OC(=O)OCC)c(C(=O)OOC(=O)c2ccccc2)c1. The summed E-state index contributed by atoms with van der Waals surface area (Å²) >= 11 is 0. The van der Waals surface area contributed by atoms with E-state index < -0.39 is 18.1 Å². The van der Waals surface area contributed by atoms with E-state index in [-0.39, 0.29) is 34.8 Å². The molecule has 8 nitrogen and oxygen atoms in total. The second-order valence-electron chi connectivity index (χ2n) is 7.19. The van der Waals surface area contributed by atoms with Gasteiger partial charge in [-0.05, 0) is 43.7 Å². The topological polar surface area (TPSA) is 105 Å². The van der Waals surface area contributed by atoms with Crippen molar-refractivity contribution in [3.8, 4) is 5.75 Å². The molecule has 0 spiro atoms. The lowest BCUT2D eigenvalue weighted by molar-refractivity contribution is -0.187. The maximum atomic E-state index is 12.6. The van der Waals surface area contributed by atoms with Crippen LogP contribution in [-0.4, -0.2) is 30.5 Å². The predicted molar refractivity (Wildman–Crippen MR) is 119 cm³/mol. The number of ketones is 1. The molecule has 8 heteroatoms. The highest BCUT2D eigenvalue weighted by atomic mass is 17.2. The van der Waals surface area contributed by atoms with Crippen LogP contribution in [0.2, 0.25) is 0 Å². The zero-order chi connectivity index (χ0) is 24.1. The van der Waals surface area contributed by atoms with E-state index in [2.05, 4.69) is 16.7 Å². The normalized spacial score (nSPS) is 10.2. The first-order valence-corrected chi connectivity index (χ1v) is 11.0. The number of benzene rings is 2. The molecular weight excluding hydrogens is 428 g/mol. The molecular formula is C25H28O8. The molecule has 0 saturated heterocycles. The van der Waals surface area contributed by atoms with E-state index in [0.717, 1.165) is 32.1 Å². The molecule has 0 amide bonds. The van der Waals surface area contributed by atoms with Crippen molar-refractivity contribution in [3.05, 3.63) is 65.2 Å². The van der Waals surface area contributed by atoms with Crippen molar-refractivity contribution in [1.29, 1.82) is 0 Å². The van der Waals surface area contributed by atoms with E-state index >= 15 is 0 Å². The summed E-state index contributed by atoms with van der Waals surface area (Å²) in [6.07, 6.45) is 4.24. The third-order valence-electron chi connectivity index (χ3n) is 4.69. The first-order chi connectivity index (χ1) is 16.0. The van der Waals surface area contributed by atoms with Crippen LogP contribution in [0.3, 0.4) is 0 Å². The summed E-state index contributed by atoms with van der Waals surface area (Å²) in [7, 11) is 0. The van der Waals surface area contributed by atoms with Crippen molar-refractivity contribution in [3.63, 3.8) is 0 Å². The van der Waals surface area contributed by atoms with Crippen LogP contribution in [-0.2, 0) is 14.5 Å². The Morgan fingerprint density at radius 1 is 0.758 bits per heavy atom. The van der Waals surface area contributed by atoms with Gasteiger partial charge in [0.1, 0.15) is 11.3 Å². The molecule has 0 fully saturated rings. The van der Waals surface area contributed by atoms with Gasteiger partial charge in [0.05, 0.1) is 12.2 Å². The van der Waals surface area contributed by atoms with Crippen molar-refractivity contribution in [1.82, 2.24) is 0 Å². The van der Waals surface area contributed by atoms with Gasteiger partial charge >= 0.3 is 18.1 Å². The number of hydrogen-bond donors (Lipinski definition) is 0. The van der Waals surface area contributed by atoms with Crippen LogP contribution in [0, 0.1) is 0 Å². The van der Waals surface area contributed by atoms with E-state index in [4.69, 9.17) is 9.47 Å². The highest BCUT2D eigenvalue weighted by Crippen LogP contribution is 2.24. The number of ether oxygens (including phenoxy) is 2. The number of rotatable bonds is 11. The summed E-state index contributed by atoms with van der Waals surface area (Å²) in [5, 5.41) is 0. The molecule has 33 heavy (non-hydrogen) atoms. The van der Waals surface area contributed by atoms with Gasteiger partial charge in [-0.3, -0.25) is 4.79 Å². The molecule has 2 rings (SSSR count). The number of carbonyl (C=O) groups is 4. The van der Waals surface area contributed by atoms with Crippen molar-refractivity contribution >= 4 is 23.9 Å². The summed E-state index contributed by atoms with van der Waals surface area (Å²) < 4.78 is 9.78. The van der Waals surface area contributed by atoms with Crippen LogP contribution in [0.15, 0.2) is 48.5 Å². The number of Topliss-reactive ketones (excluding diaryl/α,β-unsaturated/α-hetero) is 1. The van der Waals surface area contributed by atoms with E-state index in [0.29, 0.717) is 6.42 Å². The van der Waals surface area contributed by atoms with Gasteiger partial charge in [-0.2, -0.15) is 0 Å². The van der Waals surface area contributed by atoms with Crippen LogP contribution in [0.5, 0.6) is 5.75 Å². The molecule has 0 radical (unpaired) electrons. The molecule has 0 aromatic heterocycles. The number of unbranched alkanes of at least 4 members (excludes halogenated alkanes) is 4. The summed E-state index contributed by atoms with van der Waals surface area (Å²) in [6.45, 7) is 3.78. The second kappa shape index (κ2) is 13.7. The minimum atomic E-state index is -1.10. The Bertz CT molecular complexity index is 952. The van der Waals surface area contributed by atoms with E-state index in [1.165, 1.54) is 30.3 Å². The van der Waals surface area contributed by atoms with Gasteiger partial charge in [0.2, 0.25) is 0 Å². The Labute approximate surface area is 192 Å². The molecule has 0 aliphatic rings. The molecule has 2 aromatic carbocycles. The third-order valence-corrected chi connectivity index (χ3v) is 4.69. The van der Waals surface area contributed by atoms with Crippen LogP contribution in [0.1, 0.15) is 83.4 Å². The molecule has 0 saturated carbocycles. The smallest absolute Gasteiger partial charge is 0.434 e. The minimum Gasteiger partial charge on any atom is -0.434 e. The highest BCUT2D eigenvalue weighted by Gasteiger charge is 2.22. The zero-order valence-electron chi connectivity index (χ0n) is 18.8. The van der Waals surface area contributed by atoms with Crippen LogP contribution < -0.4 is 4.74 Å². The van der Waals surface area contributed by atoms with Gasteiger partial charge in [0.25, 0.3) is 0 Å². The number of carbonyl (C=O) groups excluding carboxylic acids is 4. The van der Waals surface area contributed by atoms with Crippen molar-refractivity contribution in [2.45, 2.75) is 52.4 Å². The van der Waals surface area contributed by atoms with Gasteiger partial charge in [-0.15, -0.1) is 0 Å². The van der Waals surface area contributed by atoms with Gasteiger partial charge in [0, 0.05) is 12.0 Å². The fraction of sp³-hybridized carbons (Fsp3) is 0.360. The Balaban J connectivity index is 2.13. The molecule has 0 unspecified atom stereocenters.